The van der Waals surface area contributed by atoms with Crippen LogP contribution in [0.3, 0.4) is 0 Å². The largest absolute Gasteiger partial charge is 0.337 e. The molecule has 1 N–H and O–H groups in total. The summed E-state index contributed by atoms with van der Waals surface area (Å²) in [6.07, 6.45) is 1.59. The smallest absolute Gasteiger partial charge is 0.322 e. The van der Waals surface area contributed by atoms with Gasteiger partial charge in [-0.05, 0) is 50.5 Å². The first kappa shape index (κ1) is 18.2. The van der Waals surface area contributed by atoms with E-state index in [9.17, 15) is 9.18 Å². The molecular weight excluding hydrogens is 359 g/mol. The van der Waals surface area contributed by atoms with Crippen LogP contribution in [0.1, 0.15) is 35.9 Å². The second-order valence-electron chi connectivity index (χ2n) is 7.07. The molecule has 0 aliphatic carbocycles. The number of aromatic nitrogens is 2. The van der Waals surface area contributed by atoms with Crippen molar-refractivity contribution in [2.45, 2.75) is 32.7 Å². The van der Waals surface area contributed by atoms with E-state index >= 15 is 0 Å². The van der Waals surface area contributed by atoms with Crippen LogP contribution < -0.4 is 5.32 Å². The van der Waals surface area contributed by atoms with Gasteiger partial charge in [-0.3, -0.25) is 0 Å². The lowest BCUT2D eigenvalue weighted by Crippen LogP contribution is -2.34. The quantitative estimate of drug-likeness (QED) is 0.704. The number of hydrogen-bond acceptors (Lipinski definition) is 4. The Bertz CT molecular complexity index is 1020. The second-order valence-corrected chi connectivity index (χ2v) is 7.07. The number of hydrogen-bond donors (Lipinski definition) is 1. The summed E-state index contributed by atoms with van der Waals surface area (Å²) in [5.74, 6) is 0.322. The van der Waals surface area contributed by atoms with Crippen LogP contribution in [0.4, 0.5) is 14.9 Å². The second kappa shape index (κ2) is 7.42. The molecule has 28 heavy (non-hydrogen) atoms. The molecule has 144 valence electrons. The fourth-order valence-corrected chi connectivity index (χ4v) is 3.52. The van der Waals surface area contributed by atoms with E-state index in [0.717, 1.165) is 29.7 Å². The molecule has 1 atom stereocenters. The lowest BCUT2D eigenvalue weighted by atomic mass is 10.1. The summed E-state index contributed by atoms with van der Waals surface area (Å²) in [7, 11) is 0. The molecule has 2 heterocycles. The van der Waals surface area contributed by atoms with E-state index in [4.69, 9.17) is 4.52 Å². The van der Waals surface area contributed by atoms with Gasteiger partial charge in [0.2, 0.25) is 11.7 Å². The van der Waals surface area contributed by atoms with Gasteiger partial charge in [0.1, 0.15) is 11.9 Å². The maximum atomic E-state index is 13.4. The predicted molar refractivity (Wildman–Crippen MR) is 103 cm³/mol. The topological polar surface area (TPSA) is 71.3 Å². The molecule has 1 aromatic heterocycles. The number of halogens is 1. The first-order valence-corrected chi connectivity index (χ1v) is 9.25. The van der Waals surface area contributed by atoms with Crippen LogP contribution >= 0.6 is 0 Å². The van der Waals surface area contributed by atoms with Crippen molar-refractivity contribution in [1.29, 1.82) is 0 Å². The molecule has 0 radical (unpaired) electrons. The van der Waals surface area contributed by atoms with Crippen molar-refractivity contribution < 1.29 is 13.7 Å². The average Bonchev–Trinajstić information content (AvgIpc) is 3.33. The number of nitrogens with zero attached hydrogens (tertiary/aromatic N) is 3. The Morgan fingerprint density at radius 2 is 2.11 bits per heavy atom. The number of rotatable bonds is 3. The zero-order chi connectivity index (χ0) is 19.7. The molecule has 0 spiro atoms. The monoisotopic (exact) mass is 380 g/mol. The number of anilines is 1. The third-order valence-corrected chi connectivity index (χ3v) is 4.95. The van der Waals surface area contributed by atoms with Crippen molar-refractivity contribution in [2.24, 2.45) is 0 Å². The summed E-state index contributed by atoms with van der Waals surface area (Å²) >= 11 is 0. The Kier molecular flexibility index (Phi) is 4.81. The van der Waals surface area contributed by atoms with Gasteiger partial charge in [0, 0.05) is 17.8 Å². The number of amides is 2. The predicted octanol–water partition coefficient (Wildman–Crippen LogP) is 4.86. The Hall–Kier alpha value is -3.22. The van der Waals surface area contributed by atoms with Gasteiger partial charge >= 0.3 is 6.03 Å². The molecule has 0 bridgehead atoms. The third-order valence-electron chi connectivity index (χ3n) is 4.95. The van der Waals surface area contributed by atoms with Crippen molar-refractivity contribution >= 4 is 11.7 Å². The summed E-state index contributed by atoms with van der Waals surface area (Å²) in [4.78, 5) is 18.9. The SMILES string of the molecule is Cc1ccc(NC(=O)N2CCC[C@@H]2c2nc(-c3cccc(F)c3)no2)c(C)c1. The van der Waals surface area contributed by atoms with Crippen LogP contribution in [0.25, 0.3) is 11.4 Å². The molecule has 1 aliphatic heterocycles. The molecule has 2 aromatic carbocycles. The van der Waals surface area contributed by atoms with Gasteiger partial charge in [0.15, 0.2) is 0 Å². The first-order chi connectivity index (χ1) is 13.5. The van der Waals surface area contributed by atoms with Gasteiger partial charge in [-0.2, -0.15) is 4.98 Å². The van der Waals surface area contributed by atoms with Crippen molar-refractivity contribution in [3.8, 4) is 11.4 Å². The van der Waals surface area contributed by atoms with Crippen LogP contribution in [0.15, 0.2) is 47.0 Å². The fraction of sp³-hybridized carbons (Fsp3) is 0.286. The minimum atomic E-state index is -0.362. The molecular formula is C21H21FN4O2. The number of nitrogens with one attached hydrogen (secondary N) is 1. The molecule has 0 saturated carbocycles. The zero-order valence-electron chi connectivity index (χ0n) is 15.8. The number of urea groups is 1. The third kappa shape index (κ3) is 3.60. The van der Waals surface area contributed by atoms with Crippen LogP contribution in [0.5, 0.6) is 0 Å². The van der Waals surface area contributed by atoms with Crippen molar-refractivity contribution in [2.75, 3.05) is 11.9 Å². The summed E-state index contributed by atoms with van der Waals surface area (Å²) in [5, 5.41) is 6.94. The van der Waals surface area contributed by atoms with E-state index in [1.165, 1.54) is 12.1 Å². The normalized spacial score (nSPS) is 16.4. The minimum absolute atomic E-state index is 0.194. The molecule has 0 unspecified atom stereocenters. The summed E-state index contributed by atoms with van der Waals surface area (Å²) < 4.78 is 18.9. The number of likely N-dealkylation sites (tertiary alicyclic amines) is 1. The highest BCUT2D eigenvalue weighted by atomic mass is 19.1. The minimum Gasteiger partial charge on any atom is -0.337 e. The molecule has 6 nitrogen and oxygen atoms in total. The van der Waals surface area contributed by atoms with Crippen molar-refractivity contribution in [1.82, 2.24) is 15.0 Å². The lowest BCUT2D eigenvalue weighted by Gasteiger charge is -2.22. The molecule has 1 saturated heterocycles. The molecule has 7 heteroatoms. The molecule has 4 rings (SSSR count). The van der Waals surface area contributed by atoms with Gasteiger partial charge in [-0.25, -0.2) is 9.18 Å². The van der Waals surface area contributed by atoms with Gasteiger partial charge < -0.3 is 14.7 Å². The highest BCUT2D eigenvalue weighted by molar-refractivity contribution is 5.90. The van der Waals surface area contributed by atoms with Gasteiger partial charge in [0.25, 0.3) is 0 Å². The molecule has 2 amide bonds. The molecule has 1 aliphatic rings. The summed E-state index contributed by atoms with van der Waals surface area (Å²) in [5.41, 5.74) is 3.48. The highest BCUT2D eigenvalue weighted by Crippen LogP contribution is 2.33. The average molecular weight is 380 g/mol. The number of carbonyl (C=O) groups excluding carboxylic acids is 1. The van der Waals surface area contributed by atoms with Crippen LogP contribution in [0.2, 0.25) is 0 Å². The molecule has 1 fully saturated rings. The molecule has 3 aromatic rings. The summed E-state index contributed by atoms with van der Waals surface area (Å²) in [6, 6.07) is 11.4. The maximum absolute atomic E-state index is 13.4. The number of carbonyl (C=O) groups is 1. The summed E-state index contributed by atoms with van der Waals surface area (Å²) in [6.45, 7) is 4.59. The Morgan fingerprint density at radius 3 is 2.89 bits per heavy atom. The zero-order valence-corrected chi connectivity index (χ0v) is 15.8. The maximum Gasteiger partial charge on any atom is 0.322 e. The van der Waals surface area contributed by atoms with Crippen LogP contribution in [0, 0.1) is 19.7 Å². The van der Waals surface area contributed by atoms with Gasteiger partial charge in [-0.15, -0.1) is 0 Å². The van der Waals surface area contributed by atoms with E-state index in [1.807, 2.05) is 32.0 Å². The Labute approximate surface area is 162 Å². The van der Waals surface area contributed by atoms with Gasteiger partial charge in [-0.1, -0.05) is 35.0 Å². The van der Waals surface area contributed by atoms with Crippen molar-refractivity contribution in [3.63, 3.8) is 0 Å². The highest BCUT2D eigenvalue weighted by Gasteiger charge is 2.34. The van der Waals surface area contributed by atoms with E-state index in [-0.39, 0.29) is 17.9 Å². The Balaban J connectivity index is 1.53. The number of benzene rings is 2. The van der Waals surface area contributed by atoms with Crippen LogP contribution in [-0.4, -0.2) is 27.6 Å². The fourth-order valence-electron chi connectivity index (χ4n) is 3.52. The van der Waals surface area contributed by atoms with E-state index in [0.29, 0.717) is 23.8 Å². The van der Waals surface area contributed by atoms with Crippen molar-refractivity contribution in [3.05, 3.63) is 65.3 Å². The first-order valence-electron chi connectivity index (χ1n) is 9.25. The lowest BCUT2D eigenvalue weighted by molar-refractivity contribution is 0.193. The Morgan fingerprint density at radius 1 is 1.25 bits per heavy atom. The van der Waals surface area contributed by atoms with Gasteiger partial charge in [0.05, 0.1) is 0 Å². The van der Waals surface area contributed by atoms with E-state index in [1.54, 1.807) is 17.0 Å². The van der Waals surface area contributed by atoms with Crippen LogP contribution in [-0.2, 0) is 0 Å². The van der Waals surface area contributed by atoms with E-state index < -0.39 is 0 Å². The van der Waals surface area contributed by atoms with E-state index in [2.05, 4.69) is 15.5 Å². The standard InChI is InChI=1S/C21H21FN4O2/c1-13-8-9-17(14(2)11-13)23-21(27)26-10-4-7-18(26)20-24-19(25-28-20)15-5-3-6-16(22)12-15/h3,5-6,8-9,11-12,18H,4,7,10H2,1-2H3,(H,23,27)/t18-/m1/s1. The number of aryl methyl sites for hydroxylation is 2.